The fourth-order valence-electron chi connectivity index (χ4n) is 2.95. The number of aryl methyl sites for hydroxylation is 2. The lowest BCUT2D eigenvalue weighted by atomic mass is 10.1. The predicted octanol–water partition coefficient (Wildman–Crippen LogP) is 3.80. The van der Waals surface area contributed by atoms with E-state index in [0.717, 1.165) is 23.4 Å². The molecule has 0 bridgehead atoms. The zero-order valence-electron chi connectivity index (χ0n) is 13.6. The predicted molar refractivity (Wildman–Crippen MR) is 83.6 cm³/mol. The third kappa shape index (κ3) is 3.02. The van der Waals surface area contributed by atoms with Crippen molar-refractivity contribution in [3.63, 3.8) is 0 Å². The van der Waals surface area contributed by atoms with E-state index in [1.807, 2.05) is 13.8 Å². The maximum atomic E-state index is 12.8. The summed E-state index contributed by atoms with van der Waals surface area (Å²) >= 11 is 0. The number of halogens is 3. The van der Waals surface area contributed by atoms with Crippen LogP contribution in [0.5, 0.6) is 0 Å². The molecule has 1 aliphatic rings. The van der Waals surface area contributed by atoms with Crippen molar-refractivity contribution in [2.45, 2.75) is 32.4 Å². The van der Waals surface area contributed by atoms with Crippen LogP contribution in [0.15, 0.2) is 24.3 Å². The summed E-state index contributed by atoms with van der Waals surface area (Å²) in [6.07, 6.45) is -3.81. The highest BCUT2D eigenvalue weighted by Gasteiger charge is 2.45. The number of aromatic nitrogens is 2. The van der Waals surface area contributed by atoms with Gasteiger partial charge in [0.15, 0.2) is 0 Å². The molecule has 1 aliphatic carbocycles. The number of rotatable bonds is 3. The molecule has 0 radical (unpaired) electrons. The molecule has 1 N–H and O–H groups in total. The first-order valence-electron chi connectivity index (χ1n) is 7.66. The zero-order valence-corrected chi connectivity index (χ0v) is 13.6. The Morgan fingerprint density at radius 1 is 1.33 bits per heavy atom. The third-order valence-corrected chi connectivity index (χ3v) is 4.53. The Hall–Kier alpha value is -2.31. The minimum absolute atomic E-state index is 0.165. The average molecular weight is 337 g/mol. The highest BCUT2D eigenvalue weighted by atomic mass is 19.4. The molecule has 1 aromatic heterocycles. The van der Waals surface area contributed by atoms with Crippen LogP contribution < -0.4 is 5.32 Å². The Labute approximate surface area is 137 Å². The van der Waals surface area contributed by atoms with Crippen LogP contribution in [0.1, 0.15) is 34.7 Å². The van der Waals surface area contributed by atoms with Gasteiger partial charge in [-0.05, 0) is 37.8 Å². The molecular formula is C17H18F3N3O. The van der Waals surface area contributed by atoms with Crippen molar-refractivity contribution < 1.29 is 18.0 Å². The van der Waals surface area contributed by atoms with Gasteiger partial charge in [-0.3, -0.25) is 9.48 Å². The highest BCUT2D eigenvalue weighted by molar-refractivity contribution is 5.95. The minimum Gasteiger partial charge on any atom is -0.310 e. The Balaban J connectivity index is 1.72. The molecular weight excluding hydrogens is 319 g/mol. The molecule has 24 heavy (non-hydrogen) atoms. The topological polar surface area (TPSA) is 46.9 Å². The number of anilines is 1. The van der Waals surface area contributed by atoms with Gasteiger partial charge in [0.05, 0.1) is 11.3 Å². The second kappa shape index (κ2) is 5.65. The van der Waals surface area contributed by atoms with E-state index in [1.54, 1.807) is 17.8 Å². The van der Waals surface area contributed by atoms with E-state index in [-0.39, 0.29) is 17.7 Å². The summed E-state index contributed by atoms with van der Waals surface area (Å²) in [7, 11) is 1.74. The summed E-state index contributed by atoms with van der Waals surface area (Å²) in [5.41, 5.74) is 1.60. The standard InChI is InChI=1S/C17H18F3N3O/c1-9-10(2)22-23(3)15(9)21-16(24)14-8-13(14)11-5-4-6-12(7-11)17(18,19)20/h4-7,13-14H,8H2,1-3H3,(H,21,24). The fraction of sp³-hybridized carbons (Fsp3) is 0.412. The highest BCUT2D eigenvalue weighted by Crippen LogP contribution is 2.49. The molecule has 1 fully saturated rings. The first kappa shape index (κ1) is 16.5. The van der Waals surface area contributed by atoms with Crippen LogP contribution in [0.3, 0.4) is 0 Å². The molecule has 1 amide bonds. The number of benzene rings is 1. The van der Waals surface area contributed by atoms with Crippen molar-refractivity contribution in [2.75, 3.05) is 5.32 Å². The maximum Gasteiger partial charge on any atom is 0.416 e. The molecule has 0 spiro atoms. The smallest absolute Gasteiger partial charge is 0.310 e. The molecule has 2 atom stereocenters. The minimum atomic E-state index is -4.37. The van der Waals surface area contributed by atoms with Crippen molar-refractivity contribution >= 4 is 11.7 Å². The second-order valence-electron chi connectivity index (χ2n) is 6.24. The van der Waals surface area contributed by atoms with Crippen molar-refractivity contribution in [2.24, 2.45) is 13.0 Å². The fourth-order valence-corrected chi connectivity index (χ4v) is 2.95. The summed E-state index contributed by atoms with van der Waals surface area (Å²) in [5, 5.41) is 7.08. The van der Waals surface area contributed by atoms with Crippen LogP contribution >= 0.6 is 0 Å². The van der Waals surface area contributed by atoms with Gasteiger partial charge in [0.25, 0.3) is 0 Å². The van der Waals surface area contributed by atoms with Crippen LogP contribution in [-0.4, -0.2) is 15.7 Å². The first-order chi connectivity index (χ1) is 11.2. The zero-order chi connectivity index (χ0) is 17.6. The molecule has 1 saturated carbocycles. The van der Waals surface area contributed by atoms with Gasteiger partial charge in [0, 0.05) is 18.5 Å². The quantitative estimate of drug-likeness (QED) is 0.926. The lowest BCUT2D eigenvalue weighted by molar-refractivity contribution is -0.137. The van der Waals surface area contributed by atoms with E-state index < -0.39 is 11.7 Å². The van der Waals surface area contributed by atoms with E-state index in [9.17, 15) is 18.0 Å². The Bertz CT molecular complexity index is 795. The maximum absolute atomic E-state index is 12.8. The molecule has 2 unspecified atom stereocenters. The normalized spacial score (nSPS) is 20.1. The van der Waals surface area contributed by atoms with Crippen LogP contribution in [0.25, 0.3) is 0 Å². The van der Waals surface area contributed by atoms with Crippen LogP contribution in [-0.2, 0) is 18.0 Å². The van der Waals surface area contributed by atoms with E-state index >= 15 is 0 Å². The van der Waals surface area contributed by atoms with Gasteiger partial charge in [-0.15, -0.1) is 0 Å². The summed E-state index contributed by atoms with van der Waals surface area (Å²) in [5.74, 6) is -0.0132. The van der Waals surface area contributed by atoms with Crippen molar-refractivity contribution in [1.82, 2.24) is 9.78 Å². The molecule has 2 aromatic rings. The largest absolute Gasteiger partial charge is 0.416 e. The number of nitrogens with zero attached hydrogens (tertiary/aromatic N) is 2. The number of carbonyl (C=O) groups excluding carboxylic acids is 1. The van der Waals surface area contributed by atoms with E-state index in [1.165, 1.54) is 6.07 Å². The SMILES string of the molecule is Cc1nn(C)c(NC(=O)C2CC2c2cccc(C(F)(F)F)c2)c1C. The van der Waals surface area contributed by atoms with Gasteiger partial charge in [-0.1, -0.05) is 18.2 Å². The third-order valence-electron chi connectivity index (χ3n) is 4.53. The summed E-state index contributed by atoms with van der Waals surface area (Å²) < 4.78 is 40.0. The van der Waals surface area contributed by atoms with Crippen LogP contribution in [0.2, 0.25) is 0 Å². The summed E-state index contributed by atoms with van der Waals surface area (Å²) in [6, 6.07) is 5.22. The van der Waals surface area contributed by atoms with Crippen LogP contribution in [0.4, 0.5) is 19.0 Å². The van der Waals surface area contributed by atoms with Gasteiger partial charge in [0.1, 0.15) is 5.82 Å². The Morgan fingerprint density at radius 3 is 2.62 bits per heavy atom. The van der Waals surface area contributed by atoms with Gasteiger partial charge >= 0.3 is 6.18 Å². The second-order valence-corrected chi connectivity index (χ2v) is 6.24. The number of carbonyl (C=O) groups is 1. The van der Waals surface area contributed by atoms with Gasteiger partial charge in [0.2, 0.25) is 5.91 Å². The molecule has 3 rings (SSSR count). The average Bonchev–Trinajstić information content (AvgIpc) is 3.27. The summed E-state index contributed by atoms with van der Waals surface area (Å²) in [6.45, 7) is 3.72. The number of hydrogen-bond donors (Lipinski definition) is 1. The molecule has 1 heterocycles. The number of alkyl halides is 3. The molecule has 128 valence electrons. The lowest BCUT2D eigenvalue weighted by Gasteiger charge is -2.09. The molecule has 0 saturated heterocycles. The monoisotopic (exact) mass is 337 g/mol. The number of amides is 1. The first-order valence-corrected chi connectivity index (χ1v) is 7.66. The van der Waals surface area contributed by atoms with Gasteiger partial charge in [-0.2, -0.15) is 18.3 Å². The molecule has 7 heteroatoms. The van der Waals surface area contributed by atoms with E-state index in [2.05, 4.69) is 10.4 Å². The van der Waals surface area contributed by atoms with Gasteiger partial charge < -0.3 is 5.32 Å². The van der Waals surface area contributed by atoms with Crippen LogP contribution in [0, 0.1) is 19.8 Å². The summed E-state index contributed by atoms with van der Waals surface area (Å²) in [4.78, 5) is 12.4. The molecule has 0 aliphatic heterocycles. The number of nitrogens with one attached hydrogen (secondary N) is 1. The van der Waals surface area contributed by atoms with Crippen molar-refractivity contribution in [3.05, 3.63) is 46.6 Å². The van der Waals surface area contributed by atoms with E-state index in [4.69, 9.17) is 0 Å². The molecule has 4 nitrogen and oxygen atoms in total. The lowest BCUT2D eigenvalue weighted by Crippen LogP contribution is -2.17. The molecule has 1 aromatic carbocycles. The Kier molecular flexibility index (Phi) is 3.89. The van der Waals surface area contributed by atoms with Crippen molar-refractivity contribution in [3.8, 4) is 0 Å². The Morgan fingerprint density at radius 2 is 2.04 bits per heavy atom. The van der Waals surface area contributed by atoms with Gasteiger partial charge in [-0.25, -0.2) is 0 Å². The van der Waals surface area contributed by atoms with Crippen molar-refractivity contribution in [1.29, 1.82) is 0 Å². The van der Waals surface area contributed by atoms with E-state index in [0.29, 0.717) is 17.8 Å². The number of hydrogen-bond acceptors (Lipinski definition) is 2.